The van der Waals surface area contributed by atoms with E-state index in [2.05, 4.69) is 10.3 Å². The summed E-state index contributed by atoms with van der Waals surface area (Å²) in [5.41, 5.74) is 1.82. The molecule has 29 heavy (non-hydrogen) atoms. The molecule has 0 aliphatic heterocycles. The Labute approximate surface area is 169 Å². The minimum atomic E-state index is -0.364. The van der Waals surface area contributed by atoms with Gasteiger partial charge in [-0.25, -0.2) is 9.37 Å². The molecule has 8 heteroatoms. The largest absolute Gasteiger partial charge is 0.484 e. The van der Waals surface area contributed by atoms with Crippen LogP contribution in [0, 0.1) is 5.82 Å². The topological polar surface area (TPSA) is 72.7 Å². The number of imidazole rings is 1. The average Bonchev–Trinajstić information content (AvgIpc) is 3.30. The second-order valence-corrected chi connectivity index (χ2v) is 7.16. The van der Waals surface area contributed by atoms with Gasteiger partial charge in [0.1, 0.15) is 23.1 Å². The zero-order chi connectivity index (χ0) is 20.4. The molecule has 4 rings (SSSR count). The van der Waals surface area contributed by atoms with Crippen LogP contribution >= 0.6 is 11.3 Å². The number of nitrogens with zero attached hydrogens (tertiary/aromatic N) is 2. The van der Waals surface area contributed by atoms with Crippen molar-refractivity contribution >= 4 is 33.8 Å². The van der Waals surface area contributed by atoms with E-state index in [1.54, 1.807) is 47.0 Å². The molecule has 1 N–H and O–H groups in total. The molecule has 0 bridgehead atoms. The first-order chi connectivity index (χ1) is 14.0. The van der Waals surface area contributed by atoms with E-state index in [1.165, 1.54) is 30.4 Å². The molecule has 2 aromatic carbocycles. The molecule has 4 aromatic rings. The molecule has 6 nitrogen and oxygen atoms in total. The Morgan fingerprint density at radius 2 is 1.86 bits per heavy atom. The number of halogens is 1. The number of amides is 1. The van der Waals surface area contributed by atoms with Crippen molar-refractivity contribution in [3.05, 3.63) is 71.5 Å². The summed E-state index contributed by atoms with van der Waals surface area (Å²) in [6.45, 7) is 1.28. The molecule has 0 aliphatic carbocycles. The fraction of sp³-hybridized carbons (Fsp3) is 0.0952. The number of nitrogens with one attached hydrogen (secondary N) is 1. The van der Waals surface area contributed by atoms with Crippen LogP contribution in [0.25, 0.3) is 16.2 Å². The molecule has 0 spiro atoms. The van der Waals surface area contributed by atoms with Crippen molar-refractivity contribution in [1.82, 2.24) is 9.38 Å². The SMILES string of the molecule is CC(=O)c1ccc(OCC(=O)Nc2c(-c3ccc(F)cc3)nc3sccn23)cc1. The van der Waals surface area contributed by atoms with Gasteiger partial charge < -0.3 is 10.1 Å². The number of ether oxygens (including phenoxy) is 1. The van der Waals surface area contributed by atoms with Crippen LogP contribution in [0.2, 0.25) is 0 Å². The number of ketones is 1. The van der Waals surface area contributed by atoms with E-state index < -0.39 is 0 Å². The van der Waals surface area contributed by atoms with Crippen LogP contribution in [0.5, 0.6) is 5.75 Å². The highest BCUT2D eigenvalue weighted by Crippen LogP contribution is 2.30. The number of carbonyl (C=O) groups is 2. The molecule has 0 radical (unpaired) electrons. The number of anilines is 1. The molecule has 146 valence electrons. The van der Waals surface area contributed by atoms with E-state index in [9.17, 15) is 14.0 Å². The van der Waals surface area contributed by atoms with E-state index in [1.807, 2.05) is 5.38 Å². The molecule has 0 fully saturated rings. The number of Topliss-reactive ketones (excluding diaryl/α,β-unsaturated/α-hetero) is 1. The molecule has 0 aliphatic rings. The van der Waals surface area contributed by atoms with Gasteiger partial charge in [-0.05, 0) is 55.5 Å². The molecule has 2 aromatic heterocycles. The first-order valence-corrected chi connectivity index (χ1v) is 9.64. The van der Waals surface area contributed by atoms with Crippen molar-refractivity contribution < 1.29 is 18.7 Å². The number of fused-ring (bicyclic) bond motifs is 1. The van der Waals surface area contributed by atoms with Crippen LogP contribution in [0.1, 0.15) is 17.3 Å². The van der Waals surface area contributed by atoms with Gasteiger partial charge in [0.25, 0.3) is 5.91 Å². The molecule has 0 saturated heterocycles. The Morgan fingerprint density at radius 1 is 1.14 bits per heavy atom. The first-order valence-electron chi connectivity index (χ1n) is 8.76. The summed E-state index contributed by atoms with van der Waals surface area (Å²) in [6, 6.07) is 12.5. The Bertz CT molecular complexity index is 1180. The van der Waals surface area contributed by atoms with Crippen molar-refractivity contribution in [3.63, 3.8) is 0 Å². The van der Waals surface area contributed by atoms with Gasteiger partial charge in [-0.2, -0.15) is 0 Å². The first kappa shape index (κ1) is 18.8. The van der Waals surface area contributed by atoms with Gasteiger partial charge in [-0.1, -0.05) is 0 Å². The predicted molar refractivity (Wildman–Crippen MR) is 109 cm³/mol. The lowest BCUT2D eigenvalue weighted by molar-refractivity contribution is -0.118. The van der Waals surface area contributed by atoms with Crippen LogP contribution in [0.4, 0.5) is 10.2 Å². The molecular weight excluding hydrogens is 393 g/mol. The summed E-state index contributed by atoms with van der Waals surface area (Å²) >= 11 is 1.43. The third-order valence-electron chi connectivity index (χ3n) is 4.27. The number of aromatic nitrogens is 2. The summed E-state index contributed by atoms with van der Waals surface area (Å²) in [4.78, 5) is 29.0. The van der Waals surface area contributed by atoms with Gasteiger partial charge in [0.15, 0.2) is 17.4 Å². The summed E-state index contributed by atoms with van der Waals surface area (Å²) < 4.78 is 20.5. The highest BCUT2D eigenvalue weighted by Gasteiger charge is 2.17. The summed E-state index contributed by atoms with van der Waals surface area (Å²) in [5.74, 6) is 0.232. The van der Waals surface area contributed by atoms with E-state index in [-0.39, 0.29) is 24.1 Å². The van der Waals surface area contributed by atoms with Crippen molar-refractivity contribution in [1.29, 1.82) is 0 Å². The molecule has 0 saturated carbocycles. The van der Waals surface area contributed by atoms with Gasteiger partial charge >= 0.3 is 0 Å². The number of rotatable bonds is 6. The zero-order valence-corrected chi connectivity index (χ0v) is 16.2. The van der Waals surface area contributed by atoms with Crippen LogP contribution in [-0.2, 0) is 4.79 Å². The lowest BCUT2D eigenvalue weighted by Gasteiger charge is -2.09. The van der Waals surface area contributed by atoms with Crippen molar-refractivity contribution in [3.8, 4) is 17.0 Å². The highest BCUT2D eigenvalue weighted by molar-refractivity contribution is 7.15. The van der Waals surface area contributed by atoms with E-state index in [0.717, 1.165) is 0 Å². The minimum absolute atomic E-state index is 0.0388. The smallest absolute Gasteiger partial charge is 0.263 e. The quantitative estimate of drug-likeness (QED) is 0.479. The van der Waals surface area contributed by atoms with E-state index in [4.69, 9.17) is 4.74 Å². The lowest BCUT2D eigenvalue weighted by atomic mass is 10.1. The summed E-state index contributed by atoms with van der Waals surface area (Å²) in [6.07, 6.45) is 1.80. The molecule has 0 unspecified atom stereocenters. The number of hydrogen-bond acceptors (Lipinski definition) is 5. The Morgan fingerprint density at radius 3 is 2.55 bits per heavy atom. The minimum Gasteiger partial charge on any atom is -0.484 e. The van der Waals surface area contributed by atoms with Gasteiger partial charge in [0, 0.05) is 22.7 Å². The van der Waals surface area contributed by atoms with Crippen LogP contribution in [0.15, 0.2) is 60.1 Å². The molecule has 0 atom stereocenters. The second-order valence-electron chi connectivity index (χ2n) is 6.29. The standard InChI is InChI=1S/C21H16FN3O3S/c1-13(26)14-4-8-17(9-5-14)28-12-18(27)23-20-19(15-2-6-16(22)7-3-15)24-21-25(20)10-11-29-21/h2-11H,12H2,1H3,(H,23,27). The third-order valence-corrected chi connectivity index (χ3v) is 5.02. The number of hydrogen-bond donors (Lipinski definition) is 1. The van der Waals surface area contributed by atoms with Crippen LogP contribution < -0.4 is 10.1 Å². The van der Waals surface area contributed by atoms with Crippen molar-refractivity contribution in [2.24, 2.45) is 0 Å². The molecular formula is C21H16FN3O3S. The number of benzene rings is 2. The fourth-order valence-corrected chi connectivity index (χ4v) is 3.53. The maximum atomic E-state index is 13.3. The predicted octanol–water partition coefficient (Wildman–Crippen LogP) is 4.42. The van der Waals surface area contributed by atoms with Gasteiger partial charge in [-0.15, -0.1) is 11.3 Å². The van der Waals surface area contributed by atoms with E-state index >= 15 is 0 Å². The second kappa shape index (κ2) is 7.84. The van der Waals surface area contributed by atoms with Gasteiger partial charge in [0.2, 0.25) is 0 Å². The summed E-state index contributed by atoms with van der Waals surface area (Å²) in [5, 5.41) is 4.69. The third kappa shape index (κ3) is 4.02. The normalized spacial score (nSPS) is 10.8. The average molecular weight is 409 g/mol. The van der Waals surface area contributed by atoms with Gasteiger partial charge in [0.05, 0.1) is 0 Å². The van der Waals surface area contributed by atoms with Gasteiger partial charge in [-0.3, -0.25) is 14.0 Å². The lowest BCUT2D eigenvalue weighted by Crippen LogP contribution is -2.21. The Kier molecular flexibility index (Phi) is 5.09. The van der Waals surface area contributed by atoms with Crippen LogP contribution in [-0.4, -0.2) is 27.7 Å². The van der Waals surface area contributed by atoms with Crippen molar-refractivity contribution in [2.45, 2.75) is 6.92 Å². The number of thiazole rings is 1. The molecule has 1 amide bonds. The molecule has 2 heterocycles. The Hall–Kier alpha value is -3.52. The maximum Gasteiger partial charge on any atom is 0.263 e. The van der Waals surface area contributed by atoms with Crippen molar-refractivity contribution in [2.75, 3.05) is 11.9 Å². The number of carbonyl (C=O) groups excluding carboxylic acids is 2. The monoisotopic (exact) mass is 409 g/mol. The van der Waals surface area contributed by atoms with Crippen LogP contribution in [0.3, 0.4) is 0 Å². The summed E-state index contributed by atoms with van der Waals surface area (Å²) in [7, 11) is 0. The zero-order valence-electron chi connectivity index (χ0n) is 15.4. The maximum absolute atomic E-state index is 13.3. The van der Waals surface area contributed by atoms with E-state index in [0.29, 0.717) is 33.3 Å². The highest BCUT2D eigenvalue weighted by atomic mass is 32.1. The fourth-order valence-electron chi connectivity index (χ4n) is 2.82. The Balaban J connectivity index is 1.51.